The summed E-state index contributed by atoms with van der Waals surface area (Å²) in [4.78, 5) is 10.9. The minimum Gasteiger partial charge on any atom is -0.478 e. The van der Waals surface area contributed by atoms with Crippen LogP contribution in [-0.4, -0.2) is 36.9 Å². The van der Waals surface area contributed by atoms with Gasteiger partial charge in [-0.1, -0.05) is 24.3 Å². The summed E-state index contributed by atoms with van der Waals surface area (Å²) >= 11 is 0. The van der Waals surface area contributed by atoms with E-state index < -0.39 is 16.0 Å². The predicted molar refractivity (Wildman–Crippen MR) is 60.9 cm³/mol. The second-order valence-electron chi connectivity index (χ2n) is 3.65. The summed E-state index contributed by atoms with van der Waals surface area (Å²) < 4.78 is 25.3. The second-order valence-corrected chi connectivity index (χ2v) is 5.58. The molecule has 0 atom stereocenters. The van der Waals surface area contributed by atoms with E-state index in [1.165, 1.54) is 18.2 Å². The van der Waals surface area contributed by atoms with Gasteiger partial charge in [-0.05, 0) is 12.1 Å². The number of carbonyl (C=O) groups is 1. The Bertz CT molecular complexity index is 562. The molecule has 1 heterocycles. The Balaban J connectivity index is 2.24. The molecular formula is C11H11NO4S. The zero-order valence-corrected chi connectivity index (χ0v) is 9.72. The van der Waals surface area contributed by atoms with Gasteiger partial charge in [-0.3, -0.25) is 0 Å². The molecule has 1 aliphatic rings. The molecule has 0 aromatic heterocycles. The minimum atomic E-state index is -3.59. The number of hydrogen-bond donors (Lipinski definition) is 1. The minimum absolute atomic E-state index is 0.0768. The van der Waals surface area contributed by atoms with Gasteiger partial charge in [-0.15, -0.1) is 0 Å². The quantitative estimate of drug-likeness (QED) is 0.860. The van der Waals surface area contributed by atoms with Gasteiger partial charge >= 0.3 is 5.97 Å². The molecule has 1 aromatic carbocycles. The topological polar surface area (TPSA) is 74.7 Å². The average Bonchev–Trinajstić information content (AvgIpc) is 2.80. The zero-order chi connectivity index (χ0) is 12.5. The number of carboxylic acids is 1. The maximum atomic E-state index is 12.1. The first-order chi connectivity index (χ1) is 8.01. The first-order valence-electron chi connectivity index (χ1n) is 4.99. The zero-order valence-electron chi connectivity index (χ0n) is 8.91. The Hall–Kier alpha value is -1.66. The molecule has 0 saturated heterocycles. The number of rotatable bonds is 3. The van der Waals surface area contributed by atoms with Crippen molar-refractivity contribution in [3.8, 4) is 0 Å². The van der Waals surface area contributed by atoms with E-state index in [9.17, 15) is 13.2 Å². The third-order valence-electron chi connectivity index (χ3n) is 2.54. The van der Waals surface area contributed by atoms with Crippen LogP contribution in [0.1, 0.15) is 0 Å². The molecule has 6 heteroatoms. The lowest BCUT2D eigenvalue weighted by Gasteiger charge is -2.15. The predicted octanol–water partition coefficient (Wildman–Crippen LogP) is 0.702. The Morgan fingerprint density at radius 1 is 1.24 bits per heavy atom. The fourth-order valence-electron chi connectivity index (χ4n) is 1.61. The van der Waals surface area contributed by atoms with E-state index in [1.807, 2.05) is 0 Å². The lowest BCUT2D eigenvalue weighted by molar-refractivity contribution is -0.132. The fraction of sp³-hybridized carbons (Fsp3) is 0.182. The van der Waals surface area contributed by atoms with Crippen LogP contribution >= 0.6 is 0 Å². The lowest BCUT2D eigenvalue weighted by Crippen LogP contribution is -2.29. The first kappa shape index (κ1) is 11.8. The van der Waals surface area contributed by atoms with Crippen molar-refractivity contribution in [2.75, 3.05) is 13.1 Å². The van der Waals surface area contributed by atoms with E-state index in [0.717, 1.165) is 4.31 Å². The van der Waals surface area contributed by atoms with Crippen molar-refractivity contribution in [3.05, 3.63) is 42.0 Å². The van der Waals surface area contributed by atoms with Crippen LogP contribution in [0.5, 0.6) is 0 Å². The Kier molecular flexibility index (Phi) is 2.99. The summed E-state index contributed by atoms with van der Waals surface area (Å²) in [6, 6.07) is 7.98. The second kappa shape index (κ2) is 4.31. The molecular weight excluding hydrogens is 242 g/mol. The maximum Gasteiger partial charge on any atom is 0.332 e. The van der Waals surface area contributed by atoms with Crippen LogP contribution in [0.4, 0.5) is 0 Å². The first-order valence-corrected chi connectivity index (χ1v) is 6.43. The van der Waals surface area contributed by atoms with Crippen molar-refractivity contribution in [1.82, 2.24) is 4.31 Å². The van der Waals surface area contributed by atoms with Crippen LogP contribution in [-0.2, 0) is 14.8 Å². The molecule has 0 saturated carbocycles. The van der Waals surface area contributed by atoms with E-state index in [0.29, 0.717) is 0 Å². The van der Waals surface area contributed by atoms with Crippen molar-refractivity contribution in [1.29, 1.82) is 0 Å². The molecule has 0 radical (unpaired) electrons. The summed E-state index contributed by atoms with van der Waals surface area (Å²) in [6.07, 6.45) is 1.42. The van der Waals surface area contributed by atoms with Crippen molar-refractivity contribution in [2.24, 2.45) is 0 Å². The monoisotopic (exact) mass is 253 g/mol. The van der Waals surface area contributed by atoms with Gasteiger partial charge in [0.25, 0.3) is 0 Å². The van der Waals surface area contributed by atoms with E-state index in [4.69, 9.17) is 5.11 Å². The van der Waals surface area contributed by atoms with Crippen LogP contribution in [0.15, 0.2) is 46.9 Å². The molecule has 90 valence electrons. The van der Waals surface area contributed by atoms with Gasteiger partial charge in [-0.2, -0.15) is 4.31 Å². The molecule has 0 fully saturated rings. The van der Waals surface area contributed by atoms with Crippen molar-refractivity contribution in [3.63, 3.8) is 0 Å². The highest BCUT2D eigenvalue weighted by molar-refractivity contribution is 7.89. The van der Waals surface area contributed by atoms with Gasteiger partial charge < -0.3 is 5.11 Å². The number of carboxylic acid groups (broad SMARTS) is 1. The Labute approximate surface area is 99.0 Å². The molecule has 0 unspecified atom stereocenters. The van der Waals surface area contributed by atoms with Gasteiger partial charge in [0.05, 0.1) is 4.90 Å². The molecule has 0 bridgehead atoms. The van der Waals surface area contributed by atoms with E-state index in [1.54, 1.807) is 18.2 Å². The third-order valence-corrected chi connectivity index (χ3v) is 4.37. The smallest absolute Gasteiger partial charge is 0.332 e. The summed E-state index contributed by atoms with van der Waals surface area (Å²) in [7, 11) is -3.59. The number of nitrogens with zero attached hydrogens (tertiary/aromatic N) is 1. The Morgan fingerprint density at radius 3 is 2.41 bits per heavy atom. The number of aliphatic carboxylic acids is 1. The van der Waals surface area contributed by atoms with Gasteiger partial charge in [0, 0.05) is 18.7 Å². The van der Waals surface area contributed by atoms with Gasteiger partial charge in [0.15, 0.2) is 0 Å². The molecule has 0 spiro atoms. The third kappa shape index (κ3) is 2.22. The summed E-state index contributed by atoms with van der Waals surface area (Å²) in [6.45, 7) is 0.0332. The highest BCUT2D eigenvalue weighted by atomic mass is 32.2. The van der Waals surface area contributed by atoms with Crippen molar-refractivity contribution >= 4 is 16.0 Å². The molecule has 17 heavy (non-hydrogen) atoms. The van der Waals surface area contributed by atoms with Gasteiger partial charge in [0.2, 0.25) is 10.0 Å². The van der Waals surface area contributed by atoms with E-state index in [2.05, 4.69) is 0 Å². The highest BCUT2D eigenvalue weighted by Crippen LogP contribution is 2.20. The maximum absolute atomic E-state index is 12.1. The van der Waals surface area contributed by atoms with E-state index >= 15 is 0 Å². The largest absolute Gasteiger partial charge is 0.478 e. The summed E-state index contributed by atoms with van der Waals surface area (Å²) in [5.74, 6) is -1.07. The molecule has 1 aliphatic heterocycles. The Morgan fingerprint density at radius 2 is 1.88 bits per heavy atom. The molecule has 5 nitrogen and oxygen atoms in total. The average molecular weight is 253 g/mol. The number of benzene rings is 1. The van der Waals surface area contributed by atoms with Gasteiger partial charge in [-0.25, -0.2) is 13.2 Å². The van der Waals surface area contributed by atoms with Crippen LogP contribution in [0.3, 0.4) is 0 Å². The lowest BCUT2D eigenvalue weighted by atomic mass is 10.3. The van der Waals surface area contributed by atoms with Crippen LogP contribution in [0, 0.1) is 0 Å². The molecule has 2 rings (SSSR count). The van der Waals surface area contributed by atoms with Gasteiger partial charge in [0.1, 0.15) is 0 Å². The molecule has 1 N–H and O–H groups in total. The van der Waals surface area contributed by atoms with Crippen molar-refractivity contribution < 1.29 is 18.3 Å². The van der Waals surface area contributed by atoms with Crippen LogP contribution < -0.4 is 0 Å². The summed E-state index contributed by atoms with van der Waals surface area (Å²) in [5, 5.41) is 8.78. The molecule has 1 aromatic rings. The SMILES string of the molecule is O=C(O)C1=CCN(S(=O)(=O)c2ccccc2)C1. The fourth-order valence-corrected chi connectivity index (χ4v) is 2.99. The number of hydrogen-bond acceptors (Lipinski definition) is 3. The molecule has 0 amide bonds. The summed E-state index contributed by atoms with van der Waals surface area (Å²) in [5.41, 5.74) is 0.115. The normalized spacial score (nSPS) is 16.8. The standard InChI is InChI=1S/C11H11NO4S/c13-11(14)9-6-7-12(8-9)17(15,16)10-4-2-1-3-5-10/h1-6H,7-8H2,(H,13,14). The van der Waals surface area contributed by atoms with Crippen molar-refractivity contribution in [2.45, 2.75) is 4.90 Å². The van der Waals surface area contributed by atoms with Crippen LogP contribution in [0.2, 0.25) is 0 Å². The van der Waals surface area contributed by atoms with E-state index in [-0.39, 0.29) is 23.6 Å². The number of sulfonamides is 1. The van der Waals surface area contributed by atoms with Crippen LogP contribution in [0.25, 0.3) is 0 Å². The molecule has 0 aliphatic carbocycles. The highest BCUT2D eigenvalue weighted by Gasteiger charge is 2.29.